The lowest BCUT2D eigenvalue weighted by molar-refractivity contribution is -0.137. The van der Waals surface area contributed by atoms with Crippen LogP contribution < -0.4 is 15.4 Å². The highest BCUT2D eigenvalue weighted by atomic mass is 127. The molecule has 3 N–H and O–H groups in total. The highest BCUT2D eigenvalue weighted by molar-refractivity contribution is 14.1. The molecule has 1 aliphatic rings. The lowest BCUT2D eigenvalue weighted by Gasteiger charge is -2.18. The fourth-order valence-electron chi connectivity index (χ4n) is 4.13. The number of alkyl halides is 1. The minimum absolute atomic E-state index is 0.169. The Morgan fingerprint density at radius 1 is 1.15 bits per heavy atom. The van der Waals surface area contributed by atoms with Crippen LogP contribution in [0, 0.1) is 0 Å². The van der Waals surface area contributed by atoms with Crippen LogP contribution in [0.4, 0.5) is 23.1 Å². The molecule has 0 saturated carbocycles. The molecule has 2 aromatic carbocycles. The molecule has 40 heavy (non-hydrogen) atoms. The van der Waals surface area contributed by atoms with E-state index in [1.165, 1.54) is 4.90 Å². The lowest BCUT2D eigenvalue weighted by atomic mass is 10.1. The number of anilines is 4. The Hall–Kier alpha value is -3.46. The molecule has 0 unspecified atom stereocenters. The number of benzene rings is 2. The molecule has 0 aliphatic carbocycles. The topological polar surface area (TPSA) is 151 Å². The molecular formula is C27H30IN5O6S. The minimum Gasteiger partial charge on any atom is -0.489 e. The molecule has 0 spiro atoms. The fraction of sp³-hybridized carbons (Fsp3) is 0.333. The van der Waals surface area contributed by atoms with Gasteiger partial charge >= 0.3 is 5.97 Å². The van der Waals surface area contributed by atoms with Crippen molar-refractivity contribution >= 4 is 67.4 Å². The summed E-state index contributed by atoms with van der Waals surface area (Å²) < 4.78 is 32.5. The van der Waals surface area contributed by atoms with Gasteiger partial charge in [0.05, 0.1) is 27.6 Å². The van der Waals surface area contributed by atoms with E-state index in [9.17, 15) is 18.0 Å². The molecule has 0 fully saturated rings. The maximum absolute atomic E-state index is 13.0. The van der Waals surface area contributed by atoms with Crippen molar-refractivity contribution in [1.82, 2.24) is 14.9 Å². The number of amides is 1. The standard InChI is InChI=1S/C27H30IN5O6S/c1-15(2)39-22-9-17-13-33(14-24(34)35)26(36)19(17)10-21(22)31-27-29-12-18(11-28)25(32-27)30-20-7-5-6-8-23(20)40(37,38)16(3)4/h5-10,12,15-16H,11,13-14H2,1-4H3,(H,34,35)(H2,29,30,31,32). The molecule has 4 rings (SSSR count). The number of aromatic nitrogens is 2. The average molecular weight is 680 g/mol. The minimum atomic E-state index is -3.56. The number of sulfone groups is 1. The summed E-state index contributed by atoms with van der Waals surface area (Å²) in [6.07, 6.45) is 1.46. The van der Waals surface area contributed by atoms with E-state index in [1.807, 2.05) is 13.8 Å². The molecule has 13 heteroatoms. The lowest BCUT2D eigenvalue weighted by Crippen LogP contribution is -2.29. The number of fused-ring (bicyclic) bond motifs is 1. The Balaban J connectivity index is 1.71. The number of rotatable bonds is 11. The molecule has 3 aromatic rings. The fourth-order valence-corrected chi connectivity index (χ4v) is 5.89. The van der Waals surface area contributed by atoms with Gasteiger partial charge in [-0.05, 0) is 57.5 Å². The Morgan fingerprint density at radius 2 is 1.88 bits per heavy atom. The molecular weight excluding hydrogens is 649 g/mol. The number of carbonyl (C=O) groups is 2. The third kappa shape index (κ3) is 6.30. The largest absolute Gasteiger partial charge is 0.489 e. The van der Waals surface area contributed by atoms with Gasteiger partial charge in [-0.25, -0.2) is 13.4 Å². The van der Waals surface area contributed by atoms with E-state index >= 15 is 0 Å². The number of carboxylic acid groups (broad SMARTS) is 1. The van der Waals surface area contributed by atoms with E-state index in [-0.39, 0.29) is 29.4 Å². The smallest absolute Gasteiger partial charge is 0.323 e. The average Bonchev–Trinajstić information content (AvgIpc) is 3.17. The monoisotopic (exact) mass is 679 g/mol. The number of nitrogens with one attached hydrogen (secondary N) is 2. The zero-order valence-corrected chi connectivity index (χ0v) is 25.4. The highest BCUT2D eigenvalue weighted by Gasteiger charge is 2.31. The first-order valence-electron chi connectivity index (χ1n) is 12.5. The van der Waals surface area contributed by atoms with Crippen molar-refractivity contribution in [1.29, 1.82) is 0 Å². The van der Waals surface area contributed by atoms with E-state index < -0.39 is 27.6 Å². The van der Waals surface area contributed by atoms with Crippen molar-refractivity contribution in [2.45, 2.75) is 54.9 Å². The molecule has 2 heterocycles. The van der Waals surface area contributed by atoms with E-state index in [4.69, 9.17) is 9.84 Å². The second kappa shape index (κ2) is 12.0. The van der Waals surface area contributed by atoms with Crippen LogP contribution in [-0.4, -0.2) is 58.2 Å². The molecule has 1 amide bonds. The van der Waals surface area contributed by atoms with Crippen LogP contribution in [-0.2, 0) is 25.6 Å². The first kappa shape index (κ1) is 29.5. The normalized spacial score (nSPS) is 13.1. The van der Waals surface area contributed by atoms with Gasteiger partial charge in [0.25, 0.3) is 5.91 Å². The molecule has 1 aromatic heterocycles. The summed E-state index contributed by atoms with van der Waals surface area (Å²) in [7, 11) is -3.56. The van der Waals surface area contributed by atoms with Gasteiger partial charge in [-0.15, -0.1) is 0 Å². The maximum atomic E-state index is 13.0. The molecule has 0 atom stereocenters. The second-order valence-corrected chi connectivity index (χ2v) is 13.0. The second-order valence-electron chi connectivity index (χ2n) is 9.77. The molecule has 0 bridgehead atoms. The SMILES string of the molecule is CC(C)Oc1cc2c(cc1Nc1ncc(CI)c(Nc3ccccc3S(=O)(=O)C(C)C)n1)C(=O)N(CC(=O)O)C2. The number of nitrogens with zero attached hydrogens (tertiary/aromatic N) is 3. The van der Waals surface area contributed by atoms with E-state index in [0.717, 1.165) is 5.56 Å². The van der Waals surface area contributed by atoms with Crippen molar-refractivity contribution in [2.75, 3.05) is 17.2 Å². The van der Waals surface area contributed by atoms with Gasteiger partial charge in [-0.1, -0.05) is 34.7 Å². The number of ether oxygens (including phenoxy) is 1. The maximum Gasteiger partial charge on any atom is 0.323 e. The number of halogens is 1. The first-order valence-corrected chi connectivity index (χ1v) is 15.6. The molecule has 212 valence electrons. The zero-order chi connectivity index (χ0) is 29.2. The van der Waals surface area contributed by atoms with Crippen LogP contribution >= 0.6 is 22.6 Å². The summed E-state index contributed by atoms with van der Waals surface area (Å²) in [6, 6.07) is 10.0. The van der Waals surface area contributed by atoms with Crippen LogP contribution in [0.25, 0.3) is 0 Å². The Kier molecular flexibility index (Phi) is 8.83. The van der Waals surface area contributed by atoms with Crippen molar-refractivity contribution in [2.24, 2.45) is 0 Å². The van der Waals surface area contributed by atoms with E-state index in [2.05, 4.69) is 43.2 Å². The van der Waals surface area contributed by atoms with Gasteiger partial charge in [-0.3, -0.25) is 9.59 Å². The number of para-hydroxylation sites is 1. The van der Waals surface area contributed by atoms with Gasteiger partial charge < -0.3 is 25.4 Å². The molecule has 11 nitrogen and oxygen atoms in total. The zero-order valence-electron chi connectivity index (χ0n) is 22.4. The summed E-state index contributed by atoms with van der Waals surface area (Å²) in [5.74, 6) is -0.396. The Morgan fingerprint density at radius 3 is 2.52 bits per heavy atom. The third-order valence-corrected chi connectivity index (χ3v) is 9.13. The van der Waals surface area contributed by atoms with Crippen molar-refractivity contribution < 1.29 is 27.9 Å². The van der Waals surface area contributed by atoms with Crippen LogP contribution in [0.3, 0.4) is 0 Å². The molecule has 0 radical (unpaired) electrons. The number of aliphatic carboxylic acids is 1. The predicted molar refractivity (Wildman–Crippen MR) is 160 cm³/mol. The summed E-state index contributed by atoms with van der Waals surface area (Å²) in [6.45, 7) is 6.77. The van der Waals surface area contributed by atoms with Crippen molar-refractivity contribution in [3.63, 3.8) is 0 Å². The van der Waals surface area contributed by atoms with Gasteiger partial charge in [0, 0.05) is 28.3 Å². The van der Waals surface area contributed by atoms with Crippen LogP contribution in [0.15, 0.2) is 47.5 Å². The summed E-state index contributed by atoms with van der Waals surface area (Å²) in [5.41, 5.74) is 2.63. The number of carbonyl (C=O) groups excluding carboxylic acids is 1. The van der Waals surface area contributed by atoms with E-state index in [0.29, 0.717) is 38.5 Å². The number of hydrogen-bond donors (Lipinski definition) is 3. The summed E-state index contributed by atoms with van der Waals surface area (Å²) >= 11 is 2.18. The van der Waals surface area contributed by atoms with Gasteiger partial charge in [-0.2, -0.15) is 4.98 Å². The quantitative estimate of drug-likeness (QED) is 0.189. The summed E-state index contributed by atoms with van der Waals surface area (Å²) in [4.78, 5) is 34.6. The number of hydrogen-bond acceptors (Lipinski definition) is 9. The van der Waals surface area contributed by atoms with Crippen LogP contribution in [0.5, 0.6) is 5.75 Å². The van der Waals surface area contributed by atoms with Gasteiger partial charge in [0.1, 0.15) is 18.1 Å². The third-order valence-electron chi connectivity index (χ3n) is 6.10. The Labute approximate surface area is 246 Å². The number of carboxylic acids is 1. The molecule has 1 aliphatic heterocycles. The van der Waals surface area contributed by atoms with Crippen LogP contribution in [0.2, 0.25) is 0 Å². The van der Waals surface area contributed by atoms with Gasteiger partial charge in [0.2, 0.25) is 5.95 Å². The van der Waals surface area contributed by atoms with E-state index in [1.54, 1.807) is 56.4 Å². The Bertz CT molecular complexity index is 1560. The molecule has 0 saturated heterocycles. The first-order chi connectivity index (χ1) is 18.9. The highest BCUT2D eigenvalue weighted by Crippen LogP contribution is 2.36. The predicted octanol–water partition coefficient (Wildman–Crippen LogP) is 4.91. The summed E-state index contributed by atoms with van der Waals surface area (Å²) in [5, 5.41) is 14.9. The van der Waals surface area contributed by atoms with Gasteiger partial charge in [0.15, 0.2) is 9.84 Å². The van der Waals surface area contributed by atoms with Crippen molar-refractivity contribution in [3.05, 3.63) is 59.3 Å². The van der Waals surface area contributed by atoms with Crippen LogP contribution in [0.1, 0.15) is 49.2 Å². The van der Waals surface area contributed by atoms with Crippen molar-refractivity contribution in [3.8, 4) is 5.75 Å².